The van der Waals surface area contributed by atoms with Crippen molar-refractivity contribution >= 4 is 18.0 Å². The van der Waals surface area contributed by atoms with Crippen molar-refractivity contribution in [1.82, 2.24) is 15.6 Å². The molecule has 186 valence electrons. The highest BCUT2D eigenvalue weighted by atomic mass is 16.5. The summed E-state index contributed by atoms with van der Waals surface area (Å²) in [7, 11) is 0. The molecule has 2 N–H and O–H groups in total. The van der Waals surface area contributed by atoms with Crippen LogP contribution < -0.4 is 15.5 Å². The lowest BCUT2D eigenvalue weighted by Crippen LogP contribution is -2.35. The standard InChI is InChI=1S/C26H32N4O5/c31-25(27-17-24-2-1-13-34-24)19-35-23-9-5-20(6-10-23)16-28-29-26(32)22-7-3-21(4-8-22)18-30-11-14-33-15-12-30/h3-10,16,24H,1-2,11-15,17-19H2,(H,27,31)(H,29,32)/b28-16-/t24-/m1/s1. The minimum Gasteiger partial charge on any atom is -0.484 e. The van der Waals surface area contributed by atoms with Crippen molar-refractivity contribution in [3.8, 4) is 5.75 Å². The van der Waals surface area contributed by atoms with E-state index in [2.05, 4.69) is 20.7 Å². The zero-order valence-electron chi connectivity index (χ0n) is 19.8. The lowest BCUT2D eigenvalue weighted by Gasteiger charge is -2.26. The Labute approximate surface area is 205 Å². The quantitative estimate of drug-likeness (QED) is 0.398. The van der Waals surface area contributed by atoms with Gasteiger partial charge in [-0.2, -0.15) is 5.10 Å². The molecule has 0 aliphatic carbocycles. The van der Waals surface area contributed by atoms with Crippen molar-refractivity contribution in [1.29, 1.82) is 0 Å². The number of hydrogen-bond acceptors (Lipinski definition) is 7. The summed E-state index contributed by atoms with van der Waals surface area (Å²) in [6, 6.07) is 14.7. The van der Waals surface area contributed by atoms with Gasteiger partial charge in [0.1, 0.15) is 5.75 Å². The van der Waals surface area contributed by atoms with Gasteiger partial charge in [0.05, 0.1) is 25.5 Å². The minimum absolute atomic E-state index is 0.0541. The van der Waals surface area contributed by atoms with E-state index in [1.807, 2.05) is 24.3 Å². The van der Waals surface area contributed by atoms with Crippen molar-refractivity contribution in [3.05, 3.63) is 65.2 Å². The Morgan fingerprint density at radius 1 is 1.06 bits per heavy atom. The summed E-state index contributed by atoms with van der Waals surface area (Å²) >= 11 is 0. The smallest absolute Gasteiger partial charge is 0.271 e. The number of nitrogens with one attached hydrogen (secondary N) is 2. The SMILES string of the molecule is O=C(COc1ccc(/C=N\NC(=O)c2ccc(CN3CCOCC3)cc2)cc1)NC[C@H]1CCCO1. The molecule has 0 unspecified atom stereocenters. The van der Waals surface area contributed by atoms with E-state index in [1.165, 1.54) is 0 Å². The first-order valence-electron chi connectivity index (χ1n) is 12.0. The first kappa shape index (κ1) is 24.8. The van der Waals surface area contributed by atoms with Crippen LogP contribution >= 0.6 is 0 Å². The second kappa shape index (κ2) is 13.0. The number of rotatable bonds is 10. The number of hydrazone groups is 1. The second-order valence-corrected chi connectivity index (χ2v) is 8.58. The molecule has 2 aromatic rings. The van der Waals surface area contributed by atoms with Crippen LogP contribution in [0, 0.1) is 0 Å². The van der Waals surface area contributed by atoms with Crippen LogP contribution in [0.1, 0.15) is 34.3 Å². The minimum atomic E-state index is -0.270. The molecule has 0 saturated carbocycles. The van der Waals surface area contributed by atoms with Crippen LogP contribution in [0.2, 0.25) is 0 Å². The van der Waals surface area contributed by atoms with E-state index in [4.69, 9.17) is 14.2 Å². The fraction of sp³-hybridized carbons (Fsp3) is 0.423. The third-order valence-corrected chi connectivity index (χ3v) is 5.91. The van der Waals surface area contributed by atoms with E-state index in [0.29, 0.717) is 17.9 Å². The van der Waals surface area contributed by atoms with Gasteiger partial charge in [0.15, 0.2) is 6.61 Å². The number of morpholine rings is 1. The van der Waals surface area contributed by atoms with Crippen LogP contribution in [-0.4, -0.2) is 75.1 Å². The lowest BCUT2D eigenvalue weighted by atomic mass is 10.1. The second-order valence-electron chi connectivity index (χ2n) is 8.58. The van der Waals surface area contributed by atoms with Gasteiger partial charge in [-0.15, -0.1) is 0 Å². The lowest BCUT2D eigenvalue weighted by molar-refractivity contribution is -0.123. The molecule has 0 radical (unpaired) electrons. The van der Waals surface area contributed by atoms with Crippen LogP contribution in [0.4, 0.5) is 0 Å². The van der Waals surface area contributed by atoms with Crippen molar-refractivity contribution in [2.75, 3.05) is 46.1 Å². The highest BCUT2D eigenvalue weighted by molar-refractivity contribution is 5.94. The highest BCUT2D eigenvalue weighted by Crippen LogP contribution is 2.12. The topological polar surface area (TPSA) is 101 Å². The number of carbonyl (C=O) groups is 2. The molecular formula is C26H32N4O5. The summed E-state index contributed by atoms with van der Waals surface area (Å²) in [5.41, 5.74) is 5.05. The molecule has 2 aromatic carbocycles. The summed E-state index contributed by atoms with van der Waals surface area (Å²) in [5, 5.41) is 6.86. The first-order valence-corrected chi connectivity index (χ1v) is 12.0. The van der Waals surface area contributed by atoms with Crippen molar-refractivity contribution in [2.24, 2.45) is 5.10 Å². The molecule has 2 aliphatic heterocycles. The zero-order valence-corrected chi connectivity index (χ0v) is 19.8. The summed E-state index contributed by atoms with van der Waals surface area (Å²) < 4.78 is 16.4. The number of hydrogen-bond donors (Lipinski definition) is 2. The van der Waals surface area contributed by atoms with Gasteiger partial charge in [-0.1, -0.05) is 12.1 Å². The Hall–Kier alpha value is -3.27. The number of carbonyl (C=O) groups excluding carboxylic acids is 2. The van der Waals surface area contributed by atoms with E-state index in [-0.39, 0.29) is 24.5 Å². The molecule has 0 spiro atoms. The largest absolute Gasteiger partial charge is 0.484 e. The molecule has 2 aliphatic rings. The molecule has 2 heterocycles. The van der Waals surface area contributed by atoms with Gasteiger partial charge < -0.3 is 19.5 Å². The zero-order chi connectivity index (χ0) is 24.3. The number of ether oxygens (including phenoxy) is 3. The molecule has 4 rings (SSSR count). The fourth-order valence-corrected chi connectivity index (χ4v) is 3.89. The normalized spacial score (nSPS) is 18.5. The van der Waals surface area contributed by atoms with Crippen LogP contribution in [0.15, 0.2) is 53.6 Å². The van der Waals surface area contributed by atoms with E-state index < -0.39 is 0 Å². The Morgan fingerprint density at radius 3 is 2.54 bits per heavy atom. The fourth-order valence-electron chi connectivity index (χ4n) is 3.89. The molecule has 1 atom stereocenters. The van der Waals surface area contributed by atoms with Crippen LogP contribution in [-0.2, 0) is 20.8 Å². The Bertz CT molecular complexity index is 982. The molecule has 2 fully saturated rings. The third-order valence-electron chi connectivity index (χ3n) is 5.91. The number of amides is 2. The first-order chi connectivity index (χ1) is 17.2. The van der Waals surface area contributed by atoms with Crippen molar-refractivity contribution in [2.45, 2.75) is 25.5 Å². The van der Waals surface area contributed by atoms with E-state index in [0.717, 1.165) is 63.4 Å². The average molecular weight is 481 g/mol. The van der Waals surface area contributed by atoms with Gasteiger partial charge >= 0.3 is 0 Å². The van der Waals surface area contributed by atoms with Crippen LogP contribution in [0.5, 0.6) is 5.75 Å². The maximum Gasteiger partial charge on any atom is 0.271 e. The van der Waals surface area contributed by atoms with E-state index in [9.17, 15) is 9.59 Å². The Morgan fingerprint density at radius 2 is 1.83 bits per heavy atom. The maximum absolute atomic E-state index is 12.4. The average Bonchev–Trinajstić information content (AvgIpc) is 3.42. The summed E-state index contributed by atoms with van der Waals surface area (Å²) in [6.45, 7) is 5.46. The van der Waals surface area contributed by atoms with Gasteiger partial charge in [0.2, 0.25) is 0 Å². The third kappa shape index (κ3) is 8.17. The summed E-state index contributed by atoms with van der Waals surface area (Å²) in [6.07, 6.45) is 3.69. The molecule has 9 heteroatoms. The highest BCUT2D eigenvalue weighted by Gasteiger charge is 2.16. The van der Waals surface area contributed by atoms with Gasteiger partial charge in [-0.05, 0) is 60.4 Å². The Balaban J connectivity index is 1.16. The molecule has 35 heavy (non-hydrogen) atoms. The maximum atomic E-state index is 12.4. The van der Waals surface area contributed by atoms with E-state index in [1.54, 1.807) is 30.5 Å². The Kier molecular flexibility index (Phi) is 9.22. The van der Waals surface area contributed by atoms with E-state index >= 15 is 0 Å². The monoisotopic (exact) mass is 480 g/mol. The molecular weight excluding hydrogens is 448 g/mol. The van der Waals surface area contributed by atoms with Gasteiger partial charge in [0.25, 0.3) is 11.8 Å². The molecule has 0 aromatic heterocycles. The van der Waals surface area contributed by atoms with Crippen LogP contribution in [0.3, 0.4) is 0 Å². The summed E-state index contributed by atoms with van der Waals surface area (Å²) in [4.78, 5) is 26.6. The van der Waals surface area contributed by atoms with Crippen molar-refractivity contribution in [3.63, 3.8) is 0 Å². The molecule has 2 amide bonds. The molecule has 9 nitrogen and oxygen atoms in total. The molecule has 2 saturated heterocycles. The van der Waals surface area contributed by atoms with Gasteiger partial charge in [-0.3, -0.25) is 14.5 Å². The van der Waals surface area contributed by atoms with Crippen LogP contribution in [0.25, 0.3) is 0 Å². The summed E-state index contributed by atoms with van der Waals surface area (Å²) in [5.74, 6) is 0.131. The number of benzene rings is 2. The number of nitrogens with zero attached hydrogens (tertiary/aromatic N) is 2. The predicted molar refractivity (Wildman–Crippen MR) is 132 cm³/mol. The molecule has 0 bridgehead atoms. The predicted octanol–water partition coefficient (Wildman–Crippen LogP) is 1.96. The van der Waals surface area contributed by atoms with Gasteiger partial charge in [0, 0.05) is 38.3 Å². The van der Waals surface area contributed by atoms with Crippen molar-refractivity contribution < 1.29 is 23.8 Å². The van der Waals surface area contributed by atoms with Gasteiger partial charge in [-0.25, -0.2) is 5.43 Å².